The van der Waals surface area contributed by atoms with E-state index in [9.17, 15) is 0 Å². The average Bonchev–Trinajstić information content (AvgIpc) is 2.91. The molecule has 2 aromatic carbocycles. The van der Waals surface area contributed by atoms with E-state index in [1.165, 1.54) is 5.56 Å². The van der Waals surface area contributed by atoms with Gasteiger partial charge in [0.25, 0.3) is 0 Å². The van der Waals surface area contributed by atoms with Gasteiger partial charge in [-0.1, -0.05) is 41.9 Å². The van der Waals surface area contributed by atoms with Crippen LogP contribution in [0.2, 0.25) is 5.02 Å². The Labute approximate surface area is 122 Å². The molecule has 0 spiro atoms. The number of benzene rings is 2. The van der Waals surface area contributed by atoms with E-state index in [0.29, 0.717) is 0 Å². The highest BCUT2D eigenvalue weighted by Gasteiger charge is 2.16. The van der Waals surface area contributed by atoms with Gasteiger partial charge in [-0.2, -0.15) is 0 Å². The molecular weight excluding hydrogens is 272 g/mol. The van der Waals surface area contributed by atoms with Gasteiger partial charge in [0.15, 0.2) is 0 Å². The van der Waals surface area contributed by atoms with Gasteiger partial charge in [-0.25, -0.2) is 0 Å². The first-order valence-corrected chi connectivity index (χ1v) is 6.82. The van der Waals surface area contributed by atoms with E-state index in [0.717, 1.165) is 28.0 Å². The molecule has 1 atom stereocenters. The van der Waals surface area contributed by atoms with Crippen LogP contribution in [-0.2, 0) is 6.42 Å². The topological polar surface area (TPSA) is 51.2 Å². The monoisotopic (exact) mass is 286 g/mol. The lowest BCUT2D eigenvalue weighted by atomic mass is 9.99. The molecule has 0 aliphatic heterocycles. The highest BCUT2D eigenvalue weighted by molar-refractivity contribution is 6.30. The maximum absolute atomic E-state index is 5.90. The Bertz CT molecular complexity index is 706. The second-order valence-corrected chi connectivity index (χ2v) is 5.17. The van der Waals surface area contributed by atoms with Crippen molar-refractivity contribution in [1.82, 2.24) is 5.43 Å². The molecule has 4 heteroatoms. The van der Waals surface area contributed by atoms with Gasteiger partial charge in [-0.05, 0) is 30.2 Å². The van der Waals surface area contributed by atoms with Crippen LogP contribution in [0.5, 0.6) is 0 Å². The summed E-state index contributed by atoms with van der Waals surface area (Å²) in [6.45, 7) is 0. The molecule has 3 aromatic rings. The zero-order chi connectivity index (χ0) is 13.9. The predicted octanol–water partition coefficient (Wildman–Crippen LogP) is 3.83. The number of nitrogens with one attached hydrogen (secondary N) is 1. The Kier molecular flexibility index (Phi) is 3.74. The maximum Gasteiger partial charge on any atom is 0.134 e. The molecule has 0 amide bonds. The molecular formula is C16H15ClN2O. The van der Waals surface area contributed by atoms with Crippen molar-refractivity contribution in [3.63, 3.8) is 0 Å². The number of halogens is 1. The molecule has 3 nitrogen and oxygen atoms in total. The van der Waals surface area contributed by atoms with Crippen molar-refractivity contribution in [3.05, 3.63) is 70.9 Å². The van der Waals surface area contributed by atoms with Gasteiger partial charge < -0.3 is 4.42 Å². The van der Waals surface area contributed by atoms with Crippen LogP contribution in [0, 0.1) is 0 Å². The molecule has 0 bridgehead atoms. The van der Waals surface area contributed by atoms with Crippen molar-refractivity contribution in [1.29, 1.82) is 0 Å². The molecule has 1 heterocycles. The van der Waals surface area contributed by atoms with E-state index in [2.05, 4.69) is 5.43 Å². The third-order valence-electron chi connectivity index (χ3n) is 3.44. The summed E-state index contributed by atoms with van der Waals surface area (Å²) in [7, 11) is 0. The van der Waals surface area contributed by atoms with Gasteiger partial charge in [0, 0.05) is 16.0 Å². The number of furan rings is 1. The molecule has 3 rings (SSSR count). The molecule has 20 heavy (non-hydrogen) atoms. The first-order chi connectivity index (χ1) is 9.78. The van der Waals surface area contributed by atoms with Crippen LogP contribution >= 0.6 is 11.6 Å². The van der Waals surface area contributed by atoms with Gasteiger partial charge in [0.2, 0.25) is 0 Å². The highest BCUT2D eigenvalue weighted by Crippen LogP contribution is 2.28. The van der Waals surface area contributed by atoms with E-state index < -0.39 is 0 Å². The highest BCUT2D eigenvalue weighted by atomic mass is 35.5. The molecule has 0 aliphatic rings. The van der Waals surface area contributed by atoms with Crippen molar-refractivity contribution in [2.45, 2.75) is 12.5 Å². The maximum atomic E-state index is 5.90. The van der Waals surface area contributed by atoms with Crippen molar-refractivity contribution in [2.75, 3.05) is 0 Å². The second-order valence-electron chi connectivity index (χ2n) is 4.74. The number of hydrogen-bond donors (Lipinski definition) is 2. The summed E-state index contributed by atoms with van der Waals surface area (Å²) >= 11 is 5.90. The lowest BCUT2D eigenvalue weighted by molar-refractivity contribution is 0.536. The van der Waals surface area contributed by atoms with Crippen LogP contribution < -0.4 is 11.3 Å². The number of para-hydroxylation sites is 1. The Hall–Kier alpha value is -1.81. The number of nitrogens with two attached hydrogens (primary N) is 1. The SMILES string of the molecule is NNC(Cc1ccc(Cl)cc1)c1coc2ccccc12. The van der Waals surface area contributed by atoms with Crippen molar-refractivity contribution in [3.8, 4) is 0 Å². The third-order valence-corrected chi connectivity index (χ3v) is 3.69. The first kappa shape index (κ1) is 13.2. The quantitative estimate of drug-likeness (QED) is 0.566. The van der Waals surface area contributed by atoms with E-state index >= 15 is 0 Å². The van der Waals surface area contributed by atoms with Crippen molar-refractivity contribution in [2.24, 2.45) is 5.84 Å². The molecule has 0 saturated carbocycles. The molecule has 1 unspecified atom stereocenters. The number of rotatable bonds is 4. The van der Waals surface area contributed by atoms with Crippen LogP contribution in [-0.4, -0.2) is 0 Å². The number of fused-ring (bicyclic) bond motifs is 1. The van der Waals surface area contributed by atoms with Crippen LogP contribution in [0.3, 0.4) is 0 Å². The van der Waals surface area contributed by atoms with Gasteiger partial charge >= 0.3 is 0 Å². The normalized spacial score (nSPS) is 12.7. The summed E-state index contributed by atoms with van der Waals surface area (Å²) in [5.74, 6) is 5.72. The fourth-order valence-corrected chi connectivity index (χ4v) is 2.51. The smallest absolute Gasteiger partial charge is 0.134 e. The van der Waals surface area contributed by atoms with E-state index in [4.69, 9.17) is 21.9 Å². The van der Waals surface area contributed by atoms with Crippen molar-refractivity contribution >= 4 is 22.6 Å². The zero-order valence-electron chi connectivity index (χ0n) is 10.8. The summed E-state index contributed by atoms with van der Waals surface area (Å²) in [6.07, 6.45) is 2.54. The van der Waals surface area contributed by atoms with Crippen LogP contribution in [0.1, 0.15) is 17.2 Å². The Morgan fingerprint density at radius 3 is 2.60 bits per heavy atom. The van der Waals surface area contributed by atoms with Crippen LogP contribution in [0.25, 0.3) is 11.0 Å². The predicted molar refractivity (Wildman–Crippen MR) is 81.4 cm³/mol. The fraction of sp³-hybridized carbons (Fsp3) is 0.125. The minimum absolute atomic E-state index is 0.000162. The van der Waals surface area contributed by atoms with E-state index in [1.54, 1.807) is 6.26 Å². The van der Waals surface area contributed by atoms with Crippen LogP contribution in [0.4, 0.5) is 0 Å². The second kappa shape index (κ2) is 5.67. The summed E-state index contributed by atoms with van der Waals surface area (Å²) < 4.78 is 5.57. The summed E-state index contributed by atoms with van der Waals surface area (Å²) in [6, 6.07) is 15.7. The zero-order valence-corrected chi connectivity index (χ0v) is 11.6. The lowest BCUT2D eigenvalue weighted by Crippen LogP contribution is -2.29. The Morgan fingerprint density at radius 1 is 1.10 bits per heavy atom. The molecule has 0 fully saturated rings. The van der Waals surface area contributed by atoms with E-state index in [1.807, 2.05) is 48.5 Å². The third kappa shape index (κ3) is 2.56. The molecule has 0 saturated heterocycles. The Balaban J connectivity index is 1.91. The molecule has 1 aromatic heterocycles. The number of hydrazine groups is 1. The summed E-state index contributed by atoms with van der Waals surface area (Å²) in [5.41, 5.74) is 5.98. The molecule has 0 radical (unpaired) electrons. The summed E-state index contributed by atoms with van der Waals surface area (Å²) in [4.78, 5) is 0. The number of hydrogen-bond acceptors (Lipinski definition) is 3. The van der Waals surface area contributed by atoms with Gasteiger partial charge in [-0.15, -0.1) is 0 Å². The minimum atomic E-state index is -0.000162. The summed E-state index contributed by atoms with van der Waals surface area (Å²) in [5, 5.41) is 1.82. The fourth-order valence-electron chi connectivity index (χ4n) is 2.38. The molecule has 3 N–H and O–H groups in total. The van der Waals surface area contributed by atoms with Crippen molar-refractivity contribution < 1.29 is 4.42 Å². The molecule has 0 aliphatic carbocycles. The lowest BCUT2D eigenvalue weighted by Gasteiger charge is -2.15. The Morgan fingerprint density at radius 2 is 1.85 bits per heavy atom. The standard InChI is InChI=1S/C16H15ClN2O/c17-12-7-5-11(6-8-12)9-15(19-18)14-10-20-16-4-2-1-3-13(14)16/h1-8,10,15,19H,9,18H2. The van der Waals surface area contributed by atoms with Gasteiger partial charge in [0.1, 0.15) is 5.58 Å². The van der Waals surface area contributed by atoms with Gasteiger partial charge in [-0.3, -0.25) is 11.3 Å². The molecule has 102 valence electrons. The van der Waals surface area contributed by atoms with Crippen LogP contribution in [0.15, 0.2) is 59.2 Å². The largest absolute Gasteiger partial charge is 0.464 e. The average molecular weight is 287 g/mol. The van der Waals surface area contributed by atoms with E-state index in [-0.39, 0.29) is 6.04 Å². The minimum Gasteiger partial charge on any atom is -0.464 e. The van der Waals surface area contributed by atoms with Gasteiger partial charge in [0.05, 0.1) is 12.3 Å². The first-order valence-electron chi connectivity index (χ1n) is 6.44.